The number of carboxylic acids is 1. The van der Waals surface area contributed by atoms with Crippen molar-refractivity contribution in [3.8, 4) is 5.75 Å². The quantitative estimate of drug-likeness (QED) is 0.830. The number of aryl methyl sites for hydroxylation is 2. The average Bonchev–Trinajstić information content (AvgIpc) is 2.14. The molecule has 1 aromatic rings. The molecule has 0 aliphatic carbocycles. The van der Waals surface area contributed by atoms with Gasteiger partial charge in [-0.15, -0.1) is 0 Å². The van der Waals surface area contributed by atoms with Crippen molar-refractivity contribution in [2.45, 2.75) is 27.7 Å². The Hall–Kier alpha value is -1.51. The highest BCUT2D eigenvalue weighted by Crippen LogP contribution is 2.29. The second-order valence-corrected chi connectivity index (χ2v) is 3.58. The molecule has 0 bridgehead atoms. The molecule has 0 saturated carbocycles. The first-order valence-electron chi connectivity index (χ1n) is 4.95. The van der Waals surface area contributed by atoms with E-state index < -0.39 is 5.97 Å². The number of carboxylic acid groups (broad SMARTS) is 1. The van der Waals surface area contributed by atoms with Gasteiger partial charge in [-0.3, -0.25) is 0 Å². The van der Waals surface area contributed by atoms with Gasteiger partial charge in [-0.25, -0.2) is 4.79 Å². The van der Waals surface area contributed by atoms with E-state index in [0.29, 0.717) is 12.4 Å². The standard InChI is InChI=1S/C12H16O3/c1-5-15-11-8(3)6-7(2)9(4)10(11)12(13)14/h6H,5H2,1-4H3,(H,13,14). The summed E-state index contributed by atoms with van der Waals surface area (Å²) in [4.78, 5) is 11.1. The lowest BCUT2D eigenvalue weighted by molar-refractivity contribution is 0.0691. The number of aromatic carboxylic acids is 1. The number of benzene rings is 1. The molecular formula is C12H16O3. The van der Waals surface area contributed by atoms with Crippen molar-refractivity contribution in [2.24, 2.45) is 0 Å². The molecule has 1 aromatic carbocycles. The summed E-state index contributed by atoms with van der Waals surface area (Å²) in [6.07, 6.45) is 0. The van der Waals surface area contributed by atoms with Crippen LogP contribution in [0.5, 0.6) is 5.75 Å². The van der Waals surface area contributed by atoms with Gasteiger partial charge in [0.05, 0.1) is 6.61 Å². The second kappa shape index (κ2) is 4.34. The maximum Gasteiger partial charge on any atom is 0.339 e. The third-order valence-corrected chi connectivity index (χ3v) is 2.49. The van der Waals surface area contributed by atoms with Crippen LogP contribution in [0.1, 0.15) is 34.0 Å². The Bertz CT molecular complexity index is 394. The van der Waals surface area contributed by atoms with Gasteiger partial charge in [0.25, 0.3) is 0 Å². The lowest BCUT2D eigenvalue weighted by Crippen LogP contribution is -2.08. The van der Waals surface area contributed by atoms with Gasteiger partial charge in [0.1, 0.15) is 11.3 Å². The Morgan fingerprint density at radius 2 is 1.93 bits per heavy atom. The number of ether oxygens (including phenoxy) is 1. The normalized spacial score (nSPS) is 10.1. The maximum atomic E-state index is 11.1. The van der Waals surface area contributed by atoms with Crippen LogP contribution in [0.4, 0.5) is 0 Å². The van der Waals surface area contributed by atoms with E-state index in [1.807, 2.05) is 26.8 Å². The monoisotopic (exact) mass is 208 g/mol. The molecule has 3 heteroatoms. The summed E-state index contributed by atoms with van der Waals surface area (Å²) in [6.45, 7) is 7.90. The minimum absolute atomic E-state index is 0.286. The zero-order chi connectivity index (χ0) is 11.6. The molecule has 0 amide bonds. The van der Waals surface area contributed by atoms with Crippen LogP contribution >= 0.6 is 0 Å². The summed E-state index contributed by atoms with van der Waals surface area (Å²) in [5.41, 5.74) is 2.91. The van der Waals surface area contributed by atoms with Crippen LogP contribution in [0, 0.1) is 20.8 Å². The molecule has 15 heavy (non-hydrogen) atoms. The molecule has 0 unspecified atom stereocenters. The van der Waals surface area contributed by atoms with Gasteiger partial charge < -0.3 is 9.84 Å². The van der Waals surface area contributed by atoms with E-state index in [4.69, 9.17) is 9.84 Å². The van der Waals surface area contributed by atoms with Gasteiger partial charge in [-0.2, -0.15) is 0 Å². The Kier molecular flexibility index (Phi) is 3.35. The predicted octanol–water partition coefficient (Wildman–Crippen LogP) is 2.71. The molecule has 0 fully saturated rings. The molecule has 0 heterocycles. The fraction of sp³-hybridized carbons (Fsp3) is 0.417. The number of hydrogen-bond acceptors (Lipinski definition) is 2. The molecular weight excluding hydrogens is 192 g/mol. The van der Waals surface area contributed by atoms with E-state index in [-0.39, 0.29) is 5.56 Å². The van der Waals surface area contributed by atoms with Crippen LogP contribution in [0.2, 0.25) is 0 Å². The SMILES string of the molecule is CCOc1c(C)cc(C)c(C)c1C(=O)O. The molecule has 0 spiro atoms. The lowest BCUT2D eigenvalue weighted by atomic mass is 9.98. The molecule has 0 aromatic heterocycles. The van der Waals surface area contributed by atoms with Gasteiger partial charge in [0.15, 0.2) is 0 Å². The van der Waals surface area contributed by atoms with E-state index >= 15 is 0 Å². The van der Waals surface area contributed by atoms with E-state index in [2.05, 4.69) is 0 Å². The second-order valence-electron chi connectivity index (χ2n) is 3.58. The fourth-order valence-corrected chi connectivity index (χ4v) is 1.65. The van der Waals surface area contributed by atoms with Gasteiger partial charge >= 0.3 is 5.97 Å². The zero-order valence-corrected chi connectivity index (χ0v) is 9.55. The first-order valence-corrected chi connectivity index (χ1v) is 4.95. The van der Waals surface area contributed by atoms with Crippen molar-refractivity contribution >= 4 is 5.97 Å². The smallest absolute Gasteiger partial charge is 0.339 e. The van der Waals surface area contributed by atoms with Gasteiger partial charge in [-0.05, 0) is 44.4 Å². The highest BCUT2D eigenvalue weighted by Gasteiger charge is 2.18. The topological polar surface area (TPSA) is 46.5 Å². The summed E-state index contributed by atoms with van der Waals surface area (Å²) < 4.78 is 5.38. The van der Waals surface area contributed by atoms with Crippen molar-refractivity contribution in [3.63, 3.8) is 0 Å². The van der Waals surface area contributed by atoms with E-state index in [9.17, 15) is 4.79 Å². The minimum Gasteiger partial charge on any atom is -0.493 e. The summed E-state index contributed by atoms with van der Waals surface area (Å²) in [5, 5.41) is 9.14. The molecule has 3 nitrogen and oxygen atoms in total. The highest BCUT2D eigenvalue weighted by molar-refractivity contribution is 5.93. The molecule has 1 N–H and O–H groups in total. The molecule has 0 saturated heterocycles. The van der Waals surface area contributed by atoms with Crippen molar-refractivity contribution in [3.05, 3.63) is 28.3 Å². The van der Waals surface area contributed by atoms with Crippen molar-refractivity contribution in [2.75, 3.05) is 6.61 Å². The fourth-order valence-electron chi connectivity index (χ4n) is 1.65. The van der Waals surface area contributed by atoms with Crippen LogP contribution in [0.25, 0.3) is 0 Å². The van der Waals surface area contributed by atoms with Crippen molar-refractivity contribution < 1.29 is 14.6 Å². The Morgan fingerprint density at radius 1 is 1.33 bits per heavy atom. The number of rotatable bonds is 3. The molecule has 0 radical (unpaired) electrons. The molecule has 0 aliphatic rings. The predicted molar refractivity (Wildman–Crippen MR) is 58.8 cm³/mol. The van der Waals surface area contributed by atoms with Gasteiger partial charge in [0.2, 0.25) is 0 Å². The van der Waals surface area contributed by atoms with Crippen molar-refractivity contribution in [1.82, 2.24) is 0 Å². The summed E-state index contributed by atoms with van der Waals surface area (Å²) >= 11 is 0. The van der Waals surface area contributed by atoms with Crippen LogP contribution < -0.4 is 4.74 Å². The van der Waals surface area contributed by atoms with E-state index in [1.54, 1.807) is 6.92 Å². The summed E-state index contributed by atoms with van der Waals surface area (Å²) in [6, 6.07) is 1.95. The first-order chi connectivity index (χ1) is 6.99. The summed E-state index contributed by atoms with van der Waals surface area (Å²) in [7, 11) is 0. The largest absolute Gasteiger partial charge is 0.493 e. The molecule has 0 aliphatic heterocycles. The molecule has 82 valence electrons. The maximum absolute atomic E-state index is 11.1. The average molecular weight is 208 g/mol. The van der Waals surface area contributed by atoms with Crippen LogP contribution in [0.15, 0.2) is 6.07 Å². The number of carbonyl (C=O) groups is 1. The van der Waals surface area contributed by atoms with E-state index in [1.165, 1.54) is 0 Å². The first kappa shape index (κ1) is 11.6. The van der Waals surface area contributed by atoms with Crippen molar-refractivity contribution in [1.29, 1.82) is 0 Å². The van der Waals surface area contributed by atoms with Crippen LogP contribution in [-0.4, -0.2) is 17.7 Å². The summed E-state index contributed by atoms with van der Waals surface area (Å²) in [5.74, 6) is -0.434. The Balaban J connectivity index is 3.47. The third kappa shape index (κ3) is 2.12. The molecule has 0 atom stereocenters. The minimum atomic E-state index is -0.928. The van der Waals surface area contributed by atoms with E-state index in [0.717, 1.165) is 16.7 Å². The number of hydrogen-bond donors (Lipinski definition) is 1. The van der Waals surface area contributed by atoms with Gasteiger partial charge in [0, 0.05) is 0 Å². The highest BCUT2D eigenvalue weighted by atomic mass is 16.5. The zero-order valence-electron chi connectivity index (χ0n) is 9.55. The van der Waals surface area contributed by atoms with Crippen LogP contribution in [-0.2, 0) is 0 Å². The molecule has 1 rings (SSSR count). The third-order valence-electron chi connectivity index (χ3n) is 2.49. The van der Waals surface area contributed by atoms with Gasteiger partial charge in [-0.1, -0.05) is 6.07 Å². The lowest BCUT2D eigenvalue weighted by Gasteiger charge is -2.14. The Labute approximate surface area is 89.7 Å². The Morgan fingerprint density at radius 3 is 2.40 bits per heavy atom. The van der Waals surface area contributed by atoms with Crippen LogP contribution in [0.3, 0.4) is 0 Å².